The molecule has 1 N–H and O–H groups in total. The van der Waals surface area contributed by atoms with E-state index in [0.717, 1.165) is 22.6 Å². The second-order valence-corrected chi connectivity index (χ2v) is 10.2. The van der Waals surface area contributed by atoms with Crippen LogP contribution in [0.2, 0.25) is 0 Å². The molecule has 5 heteroatoms. The largest absolute Gasteiger partial charge is 0.318 e. The van der Waals surface area contributed by atoms with Gasteiger partial charge in [-0.05, 0) is 79.3 Å². The van der Waals surface area contributed by atoms with E-state index in [1.165, 1.54) is 33.4 Å². The van der Waals surface area contributed by atoms with Crippen molar-refractivity contribution in [2.75, 3.05) is 5.75 Å². The second kappa shape index (κ2) is 9.59. The Morgan fingerprint density at radius 1 is 0.914 bits per heavy atom. The smallest absolute Gasteiger partial charge is 0.250 e. The zero-order chi connectivity index (χ0) is 24.5. The van der Waals surface area contributed by atoms with Gasteiger partial charge in [0.25, 0.3) is 0 Å². The van der Waals surface area contributed by atoms with E-state index >= 15 is 0 Å². The molecular formula is C30H29N3OS. The number of hydrogen-bond donors (Lipinski definition) is 1. The van der Waals surface area contributed by atoms with E-state index in [1.54, 1.807) is 18.0 Å². The van der Waals surface area contributed by atoms with Crippen LogP contribution < -0.4 is 5.43 Å². The van der Waals surface area contributed by atoms with Gasteiger partial charge in [-0.25, -0.2) is 5.43 Å². The molecule has 0 saturated carbocycles. The minimum Gasteiger partial charge on any atom is -0.318 e. The number of thioether (sulfide) groups is 1. The molecule has 4 nitrogen and oxygen atoms in total. The lowest BCUT2D eigenvalue weighted by Gasteiger charge is -2.12. The maximum Gasteiger partial charge on any atom is 0.250 e. The maximum absolute atomic E-state index is 12.6. The summed E-state index contributed by atoms with van der Waals surface area (Å²) in [4.78, 5) is 12.6. The van der Waals surface area contributed by atoms with Crippen molar-refractivity contribution < 1.29 is 4.79 Å². The van der Waals surface area contributed by atoms with Crippen molar-refractivity contribution in [3.63, 3.8) is 0 Å². The lowest BCUT2D eigenvalue weighted by molar-refractivity contribution is -0.118. The van der Waals surface area contributed by atoms with Gasteiger partial charge in [0.05, 0.1) is 17.2 Å². The van der Waals surface area contributed by atoms with E-state index in [9.17, 15) is 4.79 Å². The average molecular weight is 480 g/mol. The van der Waals surface area contributed by atoms with E-state index in [4.69, 9.17) is 0 Å². The van der Waals surface area contributed by atoms with E-state index in [1.807, 2.05) is 0 Å². The molecule has 4 aromatic rings. The third-order valence-corrected chi connectivity index (χ3v) is 8.04. The molecule has 0 atom stereocenters. The number of carbonyl (C=O) groups is 1. The van der Waals surface area contributed by atoms with Gasteiger partial charge >= 0.3 is 0 Å². The number of benzene rings is 3. The molecule has 5 rings (SSSR count). The Kier molecular flexibility index (Phi) is 6.35. The topological polar surface area (TPSA) is 46.4 Å². The van der Waals surface area contributed by atoms with Gasteiger partial charge < -0.3 is 4.57 Å². The van der Waals surface area contributed by atoms with Gasteiger partial charge in [-0.2, -0.15) is 5.10 Å². The normalized spacial score (nSPS) is 12.7. The summed E-state index contributed by atoms with van der Waals surface area (Å²) >= 11 is 1.64. The number of aromatic nitrogens is 1. The molecule has 0 bridgehead atoms. The molecule has 1 aromatic heterocycles. The fourth-order valence-corrected chi connectivity index (χ4v) is 5.99. The fourth-order valence-electron chi connectivity index (χ4n) is 4.83. The van der Waals surface area contributed by atoms with Crippen LogP contribution in [-0.4, -0.2) is 22.4 Å². The van der Waals surface area contributed by atoms with Crippen LogP contribution in [-0.2, 0) is 4.79 Å². The molecule has 1 heterocycles. The van der Waals surface area contributed by atoms with Gasteiger partial charge in [0, 0.05) is 22.6 Å². The predicted octanol–water partition coefficient (Wildman–Crippen LogP) is 6.66. The Morgan fingerprint density at radius 2 is 1.57 bits per heavy atom. The first-order valence-corrected chi connectivity index (χ1v) is 12.9. The number of nitrogens with zero attached hydrogens (tertiary/aromatic N) is 2. The van der Waals surface area contributed by atoms with Crippen LogP contribution in [0, 0.1) is 27.7 Å². The molecule has 35 heavy (non-hydrogen) atoms. The third kappa shape index (κ3) is 4.44. The number of hydrazone groups is 1. The van der Waals surface area contributed by atoms with E-state index in [2.05, 4.69) is 116 Å². The number of carbonyl (C=O) groups excluding carboxylic acids is 1. The van der Waals surface area contributed by atoms with Crippen molar-refractivity contribution in [3.8, 4) is 16.8 Å². The molecule has 0 radical (unpaired) electrons. The fraction of sp³-hybridized carbons (Fsp3) is 0.200. The summed E-state index contributed by atoms with van der Waals surface area (Å²) in [5.74, 6) is 0.239. The molecule has 1 amide bonds. The van der Waals surface area contributed by atoms with Gasteiger partial charge in [0.1, 0.15) is 0 Å². The molecule has 176 valence electrons. The number of hydrogen-bond acceptors (Lipinski definition) is 3. The molecule has 0 spiro atoms. The van der Waals surface area contributed by atoms with E-state index in [-0.39, 0.29) is 11.2 Å². The van der Waals surface area contributed by atoms with Crippen LogP contribution >= 0.6 is 11.8 Å². The van der Waals surface area contributed by atoms with Gasteiger partial charge in [-0.15, -0.1) is 11.8 Å². The molecule has 0 fully saturated rings. The third-order valence-electron chi connectivity index (χ3n) is 6.77. The number of rotatable bonds is 6. The van der Waals surface area contributed by atoms with Crippen molar-refractivity contribution in [2.24, 2.45) is 5.10 Å². The Bertz CT molecular complexity index is 1400. The van der Waals surface area contributed by atoms with Crippen LogP contribution in [0.4, 0.5) is 0 Å². The standard InChI is InChI=1S/C30H29N3OS/c1-19-13-14-24(15-20(19)2)33-21(3)16-23(22(33)4)17-31-32-29(34)18-35-30-27-11-7-5-9-25(27)26-10-6-8-12-28(26)30/h5-17,30H,18H2,1-4H3,(H,32,34)/b31-17-. The monoisotopic (exact) mass is 479 g/mol. The highest BCUT2D eigenvalue weighted by Crippen LogP contribution is 2.49. The average Bonchev–Trinajstić information content (AvgIpc) is 3.33. The molecular weight excluding hydrogens is 450 g/mol. The van der Waals surface area contributed by atoms with Crippen LogP contribution in [0.5, 0.6) is 0 Å². The summed E-state index contributed by atoms with van der Waals surface area (Å²) in [6.07, 6.45) is 1.74. The van der Waals surface area contributed by atoms with Crippen LogP contribution in [0.1, 0.15) is 44.5 Å². The minimum atomic E-state index is -0.101. The zero-order valence-electron chi connectivity index (χ0n) is 20.5. The highest BCUT2D eigenvalue weighted by Gasteiger charge is 2.28. The number of nitrogens with one attached hydrogen (secondary N) is 1. The Morgan fingerprint density at radius 3 is 2.23 bits per heavy atom. The lowest BCUT2D eigenvalue weighted by Crippen LogP contribution is -2.20. The van der Waals surface area contributed by atoms with Crippen LogP contribution in [0.15, 0.2) is 77.9 Å². The van der Waals surface area contributed by atoms with Gasteiger partial charge in [-0.3, -0.25) is 4.79 Å². The first kappa shape index (κ1) is 23.2. The van der Waals surface area contributed by atoms with Gasteiger partial charge in [-0.1, -0.05) is 54.6 Å². The summed E-state index contributed by atoms with van der Waals surface area (Å²) < 4.78 is 2.22. The van der Waals surface area contributed by atoms with Crippen molar-refractivity contribution in [2.45, 2.75) is 32.9 Å². The summed E-state index contributed by atoms with van der Waals surface area (Å²) in [5.41, 5.74) is 14.7. The first-order chi connectivity index (χ1) is 16.9. The predicted molar refractivity (Wildman–Crippen MR) is 147 cm³/mol. The number of aryl methyl sites for hydroxylation is 3. The molecule has 0 unspecified atom stereocenters. The lowest BCUT2D eigenvalue weighted by atomic mass is 10.1. The number of amides is 1. The molecule has 0 aliphatic heterocycles. The minimum absolute atomic E-state index is 0.101. The van der Waals surface area contributed by atoms with Crippen LogP contribution in [0.3, 0.4) is 0 Å². The van der Waals surface area contributed by atoms with E-state index < -0.39 is 0 Å². The van der Waals surface area contributed by atoms with Gasteiger partial charge in [0.15, 0.2) is 0 Å². The summed E-state index contributed by atoms with van der Waals surface area (Å²) in [6, 6.07) is 25.5. The highest BCUT2D eigenvalue weighted by molar-refractivity contribution is 8.00. The van der Waals surface area contributed by atoms with Gasteiger partial charge in [0.2, 0.25) is 5.91 Å². The van der Waals surface area contributed by atoms with E-state index in [0.29, 0.717) is 5.75 Å². The summed E-state index contributed by atoms with van der Waals surface area (Å²) in [6.45, 7) is 8.42. The Hall–Kier alpha value is -3.57. The van der Waals surface area contributed by atoms with Crippen LogP contribution in [0.25, 0.3) is 16.8 Å². The van der Waals surface area contributed by atoms with Crippen molar-refractivity contribution in [3.05, 3.63) is 112 Å². The summed E-state index contributed by atoms with van der Waals surface area (Å²) in [5, 5.41) is 4.43. The Labute approximate surface area is 211 Å². The molecule has 0 saturated heterocycles. The number of fused-ring (bicyclic) bond motifs is 3. The highest BCUT2D eigenvalue weighted by atomic mass is 32.2. The quantitative estimate of drug-likeness (QED) is 0.248. The molecule has 1 aliphatic rings. The Balaban J connectivity index is 1.25. The zero-order valence-corrected chi connectivity index (χ0v) is 21.3. The maximum atomic E-state index is 12.6. The van der Waals surface area contributed by atoms with Crippen molar-refractivity contribution in [1.82, 2.24) is 9.99 Å². The SMILES string of the molecule is Cc1ccc(-n2c(C)cc(/C=N\NC(=O)CSC3c4ccccc4-c4ccccc43)c2C)cc1C. The van der Waals surface area contributed by atoms with Crippen molar-refractivity contribution in [1.29, 1.82) is 0 Å². The molecule has 3 aromatic carbocycles. The van der Waals surface area contributed by atoms with Crippen molar-refractivity contribution >= 4 is 23.9 Å². The molecule has 1 aliphatic carbocycles. The summed E-state index contributed by atoms with van der Waals surface area (Å²) in [7, 11) is 0. The second-order valence-electron chi connectivity index (χ2n) is 9.09. The first-order valence-electron chi connectivity index (χ1n) is 11.8.